The molecule has 0 saturated heterocycles. The molecule has 0 amide bonds. The van der Waals surface area contributed by atoms with Crippen LogP contribution in [-0.4, -0.2) is 17.6 Å². The average molecular weight is 296 g/mol. The first-order chi connectivity index (χ1) is 10.7. The summed E-state index contributed by atoms with van der Waals surface area (Å²) in [6.07, 6.45) is 0. The van der Waals surface area contributed by atoms with Crippen molar-refractivity contribution in [2.45, 2.75) is 12.6 Å². The minimum atomic E-state index is -1.00. The van der Waals surface area contributed by atoms with Gasteiger partial charge in [-0.2, -0.15) is 5.26 Å². The predicted octanol–water partition coefficient (Wildman–Crippen LogP) is 2.50. The van der Waals surface area contributed by atoms with E-state index in [4.69, 9.17) is 15.1 Å². The van der Waals surface area contributed by atoms with Gasteiger partial charge in [0.2, 0.25) is 0 Å². The molecule has 22 heavy (non-hydrogen) atoms. The predicted molar refractivity (Wildman–Crippen MR) is 81.2 cm³/mol. The van der Waals surface area contributed by atoms with Gasteiger partial charge >= 0.3 is 5.97 Å². The van der Waals surface area contributed by atoms with E-state index in [0.717, 1.165) is 5.56 Å². The number of carboxylic acids is 1. The molecule has 1 unspecified atom stereocenters. The summed E-state index contributed by atoms with van der Waals surface area (Å²) >= 11 is 0. The molecule has 0 fully saturated rings. The zero-order valence-electron chi connectivity index (χ0n) is 11.9. The second-order valence-electron chi connectivity index (χ2n) is 4.68. The molecule has 0 heterocycles. The van der Waals surface area contributed by atoms with Crippen molar-refractivity contribution >= 4 is 5.97 Å². The van der Waals surface area contributed by atoms with Gasteiger partial charge in [0.25, 0.3) is 0 Å². The lowest BCUT2D eigenvalue weighted by atomic mass is 10.1. The third-order valence-corrected chi connectivity index (χ3v) is 3.03. The van der Waals surface area contributed by atoms with Gasteiger partial charge in [0.15, 0.2) is 0 Å². The summed E-state index contributed by atoms with van der Waals surface area (Å²) in [6, 6.07) is 18.2. The first-order valence-corrected chi connectivity index (χ1v) is 6.80. The van der Waals surface area contributed by atoms with E-state index in [-0.39, 0.29) is 6.54 Å². The molecule has 2 rings (SSSR count). The van der Waals surface area contributed by atoms with E-state index in [2.05, 4.69) is 5.32 Å². The fourth-order valence-corrected chi connectivity index (χ4v) is 1.95. The molecule has 0 aliphatic rings. The number of hydrogen-bond donors (Lipinski definition) is 2. The highest BCUT2D eigenvalue weighted by molar-refractivity contribution is 5.69. The van der Waals surface area contributed by atoms with Gasteiger partial charge in [0, 0.05) is 0 Å². The number of nitrogens with zero attached hydrogens (tertiary/aromatic N) is 1. The Labute approximate surface area is 128 Å². The smallest absolute Gasteiger partial charge is 0.317 e. The Morgan fingerprint density at radius 1 is 1.23 bits per heavy atom. The van der Waals surface area contributed by atoms with Crippen molar-refractivity contribution in [2.24, 2.45) is 0 Å². The monoisotopic (exact) mass is 296 g/mol. The van der Waals surface area contributed by atoms with Gasteiger partial charge in [0.05, 0.1) is 12.6 Å². The number of aliphatic carboxylic acids is 1. The van der Waals surface area contributed by atoms with Crippen LogP contribution < -0.4 is 10.1 Å². The van der Waals surface area contributed by atoms with Crippen LogP contribution in [0.1, 0.15) is 17.2 Å². The Bertz CT molecular complexity index is 665. The van der Waals surface area contributed by atoms with Gasteiger partial charge in [-0.15, -0.1) is 0 Å². The minimum absolute atomic E-state index is 0.271. The summed E-state index contributed by atoms with van der Waals surface area (Å²) in [5, 5.41) is 20.5. The largest absolute Gasteiger partial charge is 0.489 e. The highest BCUT2D eigenvalue weighted by Gasteiger charge is 2.12. The van der Waals surface area contributed by atoms with Crippen LogP contribution in [0.15, 0.2) is 54.6 Å². The van der Waals surface area contributed by atoms with Gasteiger partial charge in [-0.05, 0) is 23.3 Å². The number of rotatable bonds is 7. The van der Waals surface area contributed by atoms with Crippen molar-refractivity contribution in [1.29, 1.82) is 5.26 Å². The number of carbonyl (C=O) groups is 1. The molecule has 0 aliphatic carbocycles. The van der Waals surface area contributed by atoms with Crippen molar-refractivity contribution in [2.75, 3.05) is 6.54 Å². The summed E-state index contributed by atoms with van der Waals surface area (Å²) in [5.41, 5.74) is 1.73. The van der Waals surface area contributed by atoms with Crippen molar-refractivity contribution in [1.82, 2.24) is 5.32 Å². The summed E-state index contributed by atoms with van der Waals surface area (Å²) in [7, 11) is 0. The summed E-state index contributed by atoms with van der Waals surface area (Å²) < 4.78 is 5.70. The lowest BCUT2D eigenvalue weighted by Gasteiger charge is -2.12. The van der Waals surface area contributed by atoms with Gasteiger partial charge in [-0.25, -0.2) is 0 Å². The fourth-order valence-electron chi connectivity index (χ4n) is 1.95. The maximum absolute atomic E-state index is 10.6. The van der Waals surface area contributed by atoms with E-state index >= 15 is 0 Å². The normalized spacial score (nSPS) is 11.4. The molecule has 5 nitrogen and oxygen atoms in total. The van der Waals surface area contributed by atoms with Crippen LogP contribution in [-0.2, 0) is 11.4 Å². The third-order valence-electron chi connectivity index (χ3n) is 3.03. The van der Waals surface area contributed by atoms with Crippen LogP contribution in [0.25, 0.3) is 0 Å². The highest BCUT2D eigenvalue weighted by atomic mass is 16.5. The van der Waals surface area contributed by atoms with Crippen molar-refractivity contribution in [3.05, 3.63) is 65.7 Å². The van der Waals surface area contributed by atoms with E-state index in [9.17, 15) is 4.79 Å². The Morgan fingerprint density at radius 3 is 2.68 bits per heavy atom. The van der Waals surface area contributed by atoms with Crippen LogP contribution >= 0.6 is 0 Å². The number of carboxylic acid groups (broad SMARTS) is 1. The van der Waals surface area contributed by atoms with E-state index in [1.54, 1.807) is 24.3 Å². The molecule has 112 valence electrons. The Kier molecular flexibility index (Phi) is 5.52. The zero-order chi connectivity index (χ0) is 15.8. The second kappa shape index (κ2) is 7.81. The second-order valence-corrected chi connectivity index (χ2v) is 4.68. The molecule has 1 atom stereocenters. The number of nitrogens with one attached hydrogen (secondary N) is 1. The van der Waals surface area contributed by atoms with Crippen LogP contribution in [0.4, 0.5) is 0 Å². The Hall–Kier alpha value is -2.84. The van der Waals surface area contributed by atoms with Gasteiger partial charge in [-0.3, -0.25) is 10.1 Å². The fraction of sp³-hybridized carbons (Fsp3) is 0.176. The number of hydrogen-bond acceptors (Lipinski definition) is 4. The highest BCUT2D eigenvalue weighted by Crippen LogP contribution is 2.20. The van der Waals surface area contributed by atoms with E-state index in [0.29, 0.717) is 17.9 Å². The summed E-state index contributed by atoms with van der Waals surface area (Å²) in [6.45, 7) is 0.164. The molecule has 0 saturated carbocycles. The maximum Gasteiger partial charge on any atom is 0.317 e. The summed E-state index contributed by atoms with van der Waals surface area (Å²) in [4.78, 5) is 10.6. The summed E-state index contributed by atoms with van der Waals surface area (Å²) in [5.74, 6) is -0.365. The molecule has 2 N–H and O–H groups in total. The molecular weight excluding hydrogens is 280 g/mol. The first kappa shape index (κ1) is 15.5. The molecule has 0 spiro atoms. The Morgan fingerprint density at radius 2 is 2.00 bits per heavy atom. The molecular formula is C17H16N2O3. The third kappa shape index (κ3) is 4.62. The number of ether oxygens (including phenoxy) is 1. The maximum atomic E-state index is 10.6. The van der Waals surface area contributed by atoms with Crippen LogP contribution in [0.5, 0.6) is 5.75 Å². The van der Waals surface area contributed by atoms with E-state index < -0.39 is 12.0 Å². The quantitative estimate of drug-likeness (QED) is 0.820. The lowest BCUT2D eigenvalue weighted by molar-refractivity contribution is -0.136. The molecule has 0 aromatic heterocycles. The van der Waals surface area contributed by atoms with Gasteiger partial charge in [0.1, 0.15) is 18.4 Å². The molecule has 5 heteroatoms. The van der Waals surface area contributed by atoms with Crippen LogP contribution in [0.3, 0.4) is 0 Å². The van der Waals surface area contributed by atoms with Gasteiger partial charge in [-0.1, -0.05) is 42.5 Å². The van der Waals surface area contributed by atoms with Crippen molar-refractivity contribution in [3.63, 3.8) is 0 Å². The standard InChI is InChI=1S/C17H16N2O3/c18-10-16(19-11-17(20)21)14-7-4-8-15(9-14)22-12-13-5-2-1-3-6-13/h1-9,16,19H,11-12H2,(H,20,21). The number of nitriles is 1. The molecule has 0 bridgehead atoms. The van der Waals surface area contributed by atoms with Crippen LogP contribution in [0, 0.1) is 11.3 Å². The molecule has 0 radical (unpaired) electrons. The SMILES string of the molecule is N#CC(NCC(=O)O)c1cccc(OCc2ccccc2)c1. The van der Waals surface area contributed by atoms with Crippen molar-refractivity contribution < 1.29 is 14.6 Å². The van der Waals surface area contributed by atoms with Crippen molar-refractivity contribution in [3.8, 4) is 11.8 Å². The van der Waals surface area contributed by atoms with E-state index in [1.165, 1.54) is 0 Å². The minimum Gasteiger partial charge on any atom is -0.489 e. The molecule has 2 aromatic rings. The number of benzene rings is 2. The van der Waals surface area contributed by atoms with Crippen LogP contribution in [0.2, 0.25) is 0 Å². The van der Waals surface area contributed by atoms with E-state index in [1.807, 2.05) is 36.4 Å². The Balaban J connectivity index is 2.02. The molecule has 2 aromatic carbocycles. The zero-order valence-corrected chi connectivity index (χ0v) is 11.9. The molecule has 0 aliphatic heterocycles. The topological polar surface area (TPSA) is 82.4 Å². The van der Waals surface area contributed by atoms with Gasteiger partial charge < -0.3 is 9.84 Å². The average Bonchev–Trinajstić information content (AvgIpc) is 2.55. The lowest BCUT2D eigenvalue weighted by Crippen LogP contribution is -2.26. The first-order valence-electron chi connectivity index (χ1n) is 6.80.